The molecular weight excluding hydrogens is 466 g/mol. The summed E-state index contributed by atoms with van der Waals surface area (Å²) in [7, 11) is 1.21. The van der Waals surface area contributed by atoms with Gasteiger partial charge in [0.05, 0.1) is 29.3 Å². The number of ketones is 1. The normalized spacial score (nSPS) is 15.7. The number of hydrogen-bond acceptors (Lipinski definition) is 10. The molecule has 0 bridgehead atoms. The van der Waals surface area contributed by atoms with Crippen molar-refractivity contribution < 1.29 is 33.6 Å². The topological polar surface area (TPSA) is 153 Å². The number of aryl methyl sites for hydroxylation is 2. The number of carbonyl (C=O) groups excluding carboxylic acids is 3. The van der Waals surface area contributed by atoms with E-state index >= 15 is 0 Å². The predicted octanol–water partition coefficient (Wildman–Crippen LogP) is 3.83. The highest BCUT2D eigenvalue weighted by molar-refractivity contribution is 7.17. The summed E-state index contributed by atoms with van der Waals surface area (Å²) in [5.74, 6) is -2.75. The first-order chi connectivity index (χ1) is 16.1. The van der Waals surface area contributed by atoms with Crippen molar-refractivity contribution in [1.29, 1.82) is 0 Å². The van der Waals surface area contributed by atoms with Gasteiger partial charge in [-0.3, -0.25) is 24.6 Å². The highest BCUT2D eigenvalue weighted by Crippen LogP contribution is 2.44. The highest BCUT2D eigenvalue weighted by atomic mass is 32.1. The van der Waals surface area contributed by atoms with Crippen LogP contribution in [0.4, 0.5) is 10.8 Å². The Hall–Kier alpha value is -4.32. The molecule has 0 saturated carbocycles. The highest BCUT2D eigenvalue weighted by Gasteiger charge is 2.47. The van der Waals surface area contributed by atoms with Gasteiger partial charge in [0, 0.05) is 12.1 Å². The van der Waals surface area contributed by atoms with Crippen LogP contribution in [0.1, 0.15) is 43.3 Å². The van der Waals surface area contributed by atoms with Crippen molar-refractivity contribution in [2.24, 2.45) is 0 Å². The number of amides is 1. The van der Waals surface area contributed by atoms with Crippen molar-refractivity contribution in [3.8, 4) is 0 Å². The van der Waals surface area contributed by atoms with Crippen LogP contribution in [-0.4, -0.2) is 39.8 Å². The zero-order valence-electron chi connectivity index (χ0n) is 18.1. The Morgan fingerprint density at radius 2 is 1.88 bits per heavy atom. The lowest BCUT2D eigenvalue weighted by Gasteiger charge is -2.24. The maximum absolute atomic E-state index is 13.3. The summed E-state index contributed by atoms with van der Waals surface area (Å²) in [4.78, 5) is 54.5. The first-order valence-corrected chi connectivity index (χ1v) is 10.6. The van der Waals surface area contributed by atoms with Crippen molar-refractivity contribution in [1.82, 2.24) is 4.98 Å². The second-order valence-electron chi connectivity index (χ2n) is 7.33. The maximum Gasteiger partial charge on any atom is 0.350 e. The Morgan fingerprint density at radius 3 is 2.44 bits per heavy atom. The van der Waals surface area contributed by atoms with E-state index in [0.717, 1.165) is 16.2 Å². The molecule has 1 N–H and O–H groups in total. The van der Waals surface area contributed by atoms with Gasteiger partial charge < -0.3 is 14.3 Å². The summed E-state index contributed by atoms with van der Waals surface area (Å²) in [6.45, 7) is 3.19. The fourth-order valence-electron chi connectivity index (χ4n) is 3.58. The second-order valence-corrected chi connectivity index (χ2v) is 8.31. The molecule has 34 heavy (non-hydrogen) atoms. The fraction of sp³-hybridized carbons (Fsp3) is 0.182. The van der Waals surface area contributed by atoms with E-state index in [4.69, 9.17) is 9.15 Å². The van der Waals surface area contributed by atoms with E-state index in [0.29, 0.717) is 17.0 Å². The first kappa shape index (κ1) is 22.9. The molecule has 174 valence electrons. The van der Waals surface area contributed by atoms with Crippen molar-refractivity contribution in [3.63, 3.8) is 0 Å². The van der Waals surface area contributed by atoms with Crippen LogP contribution in [0.2, 0.25) is 0 Å². The van der Waals surface area contributed by atoms with Crippen LogP contribution in [0.3, 0.4) is 0 Å². The monoisotopic (exact) mass is 483 g/mol. The van der Waals surface area contributed by atoms with Gasteiger partial charge in [0.25, 0.3) is 11.6 Å². The summed E-state index contributed by atoms with van der Waals surface area (Å²) in [6, 6.07) is 7.00. The molecule has 1 aromatic carbocycles. The quantitative estimate of drug-likeness (QED) is 0.238. The molecule has 3 heterocycles. The number of furan rings is 1. The molecule has 2 aromatic heterocycles. The number of aliphatic hydroxyl groups is 1. The summed E-state index contributed by atoms with van der Waals surface area (Å²) in [6.07, 6.45) is 0. The number of nitro groups is 1. The molecule has 3 aromatic rings. The number of methoxy groups -OCH3 is 1. The lowest BCUT2D eigenvalue weighted by atomic mass is 9.95. The Kier molecular flexibility index (Phi) is 5.75. The maximum atomic E-state index is 13.3. The van der Waals surface area contributed by atoms with Crippen LogP contribution in [0.15, 0.2) is 52.1 Å². The molecule has 1 aliphatic heterocycles. The molecule has 1 atom stereocenters. The van der Waals surface area contributed by atoms with Gasteiger partial charge in [-0.15, -0.1) is 0 Å². The van der Waals surface area contributed by atoms with Crippen LogP contribution in [0, 0.1) is 24.0 Å². The summed E-state index contributed by atoms with van der Waals surface area (Å²) in [5, 5.41) is 21.9. The summed E-state index contributed by atoms with van der Waals surface area (Å²) < 4.78 is 10.1. The smallest absolute Gasteiger partial charge is 0.350 e. The van der Waals surface area contributed by atoms with E-state index in [1.54, 1.807) is 19.9 Å². The van der Waals surface area contributed by atoms with E-state index in [9.17, 15) is 29.6 Å². The number of benzene rings is 1. The number of thiazole rings is 1. The number of non-ortho nitro benzene ring substituents is 1. The SMILES string of the molecule is COC(=O)c1sc(N2C(=O)C(O)=C(C(=O)c3ccc(C)o3)[C@@H]2c2ccc([N+](=O)[O-])cc2)nc1C. The summed E-state index contributed by atoms with van der Waals surface area (Å²) >= 11 is 0.854. The Bertz CT molecular complexity index is 1370. The van der Waals surface area contributed by atoms with Gasteiger partial charge in [-0.1, -0.05) is 11.3 Å². The van der Waals surface area contributed by atoms with Crippen LogP contribution in [-0.2, 0) is 9.53 Å². The Balaban J connectivity index is 1.87. The summed E-state index contributed by atoms with van der Waals surface area (Å²) in [5.41, 5.74) is 0.131. The minimum atomic E-state index is -1.18. The largest absolute Gasteiger partial charge is 0.503 e. The number of hydrogen-bond donors (Lipinski definition) is 1. The second kappa shape index (κ2) is 8.56. The molecule has 1 amide bonds. The number of ether oxygens (including phenoxy) is 1. The zero-order chi connectivity index (χ0) is 24.7. The third-order valence-electron chi connectivity index (χ3n) is 5.20. The van der Waals surface area contributed by atoms with Gasteiger partial charge in [-0.2, -0.15) is 0 Å². The molecule has 0 unspecified atom stereocenters. The van der Waals surface area contributed by atoms with E-state index in [1.807, 2.05) is 0 Å². The predicted molar refractivity (Wildman–Crippen MR) is 119 cm³/mol. The average Bonchev–Trinajstić information content (AvgIpc) is 3.49. The van der Waals surface area contributed by atoms with Crippen LogP contribution < -0.4 is 4.90 Å². The van der Waals surface area contributed by atoms with Gasteiger partial charge in [0.2, 0.25) is 5.78 Å². The molecule has 12 heteroatoms. The van der Waals surface area contributed by atoms with Crippen molar-refractivity contribution in [2.45, 2.75) is 19.9 Å². The van der Waals surface area contributed by atoms with Crippen molar-refractivity contribution in [3.05, 3.63) is 85.5 Å². The number of nitrogens with zero attached hydrogens (tertiary/aromatic N) is 3. The lowest BCUT2D eigenvalue weighted by molar-refractivity contribution is -0.384. The minimum Gasteiger partial charge on any atom is -0.503 e. The number of aliphatic hydroxyl groups excluding tert-OH is 1. The standard InChI is InChI=1S/C22H17N3O8S/c1-10-4-9-14(33-10)17(26)15-16(12-5-7-13(8-6-12)25(30)31)24(20(28)18(15)27)22-23-11(2)19(34-22)21(29)32-3/h4-9,16,27H,1-3H3/t16-/m0/s1. The number of anilines is 1. The third kappa shape index (κ3) is 3.73. The van der Waals surface area contributed by atoms with Crippen LogP contribution in [0.5, 0.6) is 0 Å². The van der Waals surface area contributed by atoms with E-state index in [-0.39, 0.29) is 27.0 Å². The van der Waals surface area contributed by atoms with Gasteiger partial charge in [-0.25, -0.2) is 9.78 Å². The Labute approximate surface area is 196 Å². The molecule has 11 nitrogen and oxygen atoms in total. The minimum absolute atomic E-state index is 0.0382. The molecule has 1 aliphatic rings. The average molecular weight is 483 g/mol. The molecule has 0 radical (unpaired) electrons. The van der Waals surface area contributed by atoms with Gasteiger partial charge in [0.15, 0.2) is 16.7 Å². The van der Waals surface area contributed by atoms with E-state index in [2.05, 4.69) is 4.98 Å². The zero-order valence-corrected chi connectivity index (χ0v) is 18.9. The first-order valence-electron chi connectivity index (χ1n) is 9.82. The molecule has 0 spiro atoms. The number of aromatic nitrogens is 1. The molecular formula is C22H17N3O8S. The number of carbonyl (C=O) groups is 3. The Morgan fingerprint density at radius 1 is 1.21 bits per heavy atom. The number of rotatable bonds is 6. The molecule has 0 saturated heterocycles. The van der Waals surface area contributed by atoms with E-state index in [1.165, 1.54) is 37.4 Å². The van der Waals surface area contributed by atoms with Crippen LogP contribution in [0.25, 0.3) is 0 Å². The number of Topliss-reactive ketones (excluding diaryl/α,β-unsaturated/α-hetero) is 1. The fourth-order valence-corrected chi connectivity index (χ4v) is 4.60. The molecule has 4 rings (SSSR count). The van der Waals surface area contributed by atoms with Crippen LogP contribution >= 0.6 is 11.3 Å². The third-order valence-corrected chi connectivity index (χ3v) is 6.34. The van der Waals surface area contributed by atoms with E-state index < -0.39 is 34.4 Å². The van der Waals surface area contributed by atoms with Gasteiger partial charge in [0.1, 0.15) is 10.6 Å². The van der Waals surface area contributed by atoms with Gasteiger partial charge in [-0.05, 0) is 43.7 Å². The molecule has 0 fully saturated rings. The lowest BCUT2D eigenvalue weighted by Crippen LogP contribution is -2.31. The van der Waals surface area contributed by atoms with Crippen molar-refractivity contribution in [2.75, 3.05) is 12.0 Å². The molecule has 0 aliphatic carbocycles. The van der Waals surface area contributed by atoms with Gasteiger partial charge >= 0.3 is 5.97 Å². The van der Waals surface area contributed by atoms with Crippen molar-refractivity contribution >= 4 is 39.8 Å². The number of esters is 1. The number of nitro benzene ring substituents is 1.